The molecule has 3 atom stereocenters. The Kier molecular flexibility index (Phi) is 4.50. The number of para-hydroxylation sites is 1. The summed E-state index contributed by atoms with van der Waals surface area (Å²) in [5, 5.41) is 11.6. The number of hydrogen-bond acceptors (Lipinski definition) is 3. The molecule has 3 unspecified atom stereocenters. The van der Waals surface area contributed by atoms with Crippen molar-refractivity contribution in [3.63, 3.8) is 0 Å². The Morgan fingerprint density at radius 3 is 2.76 bits per heavy atom. The van der Waals surface area contributed by atoms with Gasteiger partial charge in [-0.1, -0.05) is 26.0 Å². The summed E-state index contributed by atoms with van der Waals surface area (Å²) in [6, 6.07) is 5.57. The van der Waals surface area contributed by atoms with Crippen LogP contribution < -0.4 is 10.1 Å². The van der Waals surface area contributed by atoms with Gasteiger partial charge in [-0.15, -0.1) is 0 Å². The summed E-state index contributed by atoms with van der Waals surface area (Å²) >= 11 is 0. The van der Waals surface area contributed by atoms with E-state index in [-0.39, 0.29) is 17.9 Å². The molecular weight excluding hydrogens is 270 g/mol. The highest BCUT2D eigenvalue weighted by molar-refractivity contribution is 5.97. The van der Waals surface area contributed by atoms with Gasteiger partial charge in [0.25, 0.3) is 5.91 Å². The zero-order valence-corrected chi connectivity index (χ0v) is 12.6. The van der Waals surface area contributed by atoms with E-state index in [1.807, 2.05) is 19.1 Å². The lowest BCUT2D eigenvalue weighted by atomic mass is 9.97. The standard InChI is InChI=1S/C16H21NO4/c1-9(16(19)20)7-8-17-15(18)13-6-4-5-12-10(2)11(3)21-14(12)13/h4-6,9-11H,7-8H2,1-3H3,(H,17,18)(H,19,20). The first-order valence-corrected chi connectivity index (χ1v) is 7.22. The first-order valence-electron chi connectivity index (χ1n) is 7.22. The van der Waals surface area contributed by atoms with Gasteiger partial charge in [0.05, 0.1) is 11.5 Å². The molecule has 0 spiro atoms. The van der Waals surface area contributed by atoms with Crippen LogP contribution in [-0.4, -0.2) is 29.6 Å². The van der Waals surface area contributed by atoms with E-state index in [4.69, 9.17) is 9.84 Å². The van der Waals surface area contributed by atoms with Crippen LogP contribution in [0.4, 0.5) is 0 Å². The highest BCUT2D eigenvalue weighted by atomic mass is 16.5. The Bertz CT molecular complexity index is 555. The molecule has 1 aromatic rings. The number of aliphatic carboxylic acids is 1. The highest BCUT2D eigenvalue weighted by Gasteiger charge is 2.30. The van der Waals surface area contributed by atoms with Gasteiger partial charge in [0.1, 0.15) is 11.9 Å². The Labute approximate surface area is 124 Å². The molecule has 2 N–H and O–H groups in total. The topological polar surface area (TPSA) is 75.6 Å². The van der Waals surface area contributed by atoms with Crippen LogP contribution in [0.25, 0.3) is 0 Å². The fraction of sp³-hybridized carbons (Fsp3) is 0.500. The molecule has 0 aliphatic carbocycles. The van der Waals surface area contributed by atoms with Gasteiger partial charge in [0.15, 0.2) is 0 Å². The van der Waals surface area contributed by atoms with Crippen molar-refractivity contribution < 1.29 is 19.4 Å². The maximum atomic E-state index is 12.2. The van der Waals surface area contributed by atoms with Gasteiger partial charge in [-0.2, -0.15) is 0 Å². The number of carbonyl (C=O) groups excluding carboxylic acids is 1. The van der Waals surface area contributed by atoms with Crippen molar-refractivity contribution in [2.24, 2.45) is 5.92 Å². The number of hydrogen-bond donors (Lipinski definition) is 2. The van der Waals surface area contributed by atoms with Crippen LogP contribution in [0.1, 0.15) is 49.0 Å². The lowest BCUT2D eigenvalue weighted by molar-refractivity contribution is -0.141. The summed E-state index contributed by atoms with van der Waals surface area (Å²) in [4.78, 5) is 23.0. The molecule has 0 bridgehead atoms. The summed E-state index contributed by atoms with van der Waals surface area (Å²) < 4.78 is 5.78. The summed E-state index contributed by atoms with van der Waals surface area (Å²) in [6.45, 7) is 6.02. The number of carboxylic acids is 1. The van der Waals surface area contributed by atoms with E-state index in [2.05, 4.69) is 12.2 Å². The van der Waals surface area contributed by atoms with Crippen molar-refractivity contribution in [2.75, 3.05) is 6.54 Å². The third kappa shape index (κ3) is 3.17. The predicted octanol–water partition coefficient (Wildman–Crippen LogP) is 2.41. The number of benzene rings is 1. The van der Waals surface area contributed by atoms with E-state index in [1.165, 1.54) is 0 Å². The van der Waals surface area contributed by atoms with Crippen molar-refractivity contribution in [1.82, 2.24) is 5.32 Å². The average Bonchev–Trinajstić information content (AvgIpc) is 2.74. The number of carbonyl (C=O) groups is 2. The number of rotatable bonds is 5. The smallest absolute Gasteiger partial charge is 0.306 e. The number of carboxylic acid groups (broad SMARTS) is 1. The number of ether oxygens (including phenoxy) is 1. The number of nitrogens with one attached hydrogen (secondary N) is 1. The molecule has 0 saturated carbocycles. The van der Waals surface area contributed by atoms with Crippen LogP contribution >= 0.6 is 0 Å². The van der Waals surface area contributed by atoms with Gasteiger partial charge in [-0.05, 0) is 19.4 Å². The second kappa shape index (κ2) is 6.16. The van der Waals surface area contributed by atoms with Crippen LogP contribution in [0.15, 0.2) is 18.2 Å². The third-order valence-electron chi connectivity index (χ3n) is 4.07. The molecule has 21 heavy (non-hydrogen) atoms. The van der Waals surface area contributed by atoms with Crippen molar-refractivity contribution in [3.05, 3.63) is 29.3 Å². The molecule has 2 rings (SSSR count). The summed E-state index contributed by atoms with van der Waals surface area (Å²) in [5.74, 6) is -0.620. The van der Waals surface area contributed by atoms with Crippen LogP contribution in [0, 0.1) is 5.92 Å². The second-order valence-electron chi connectivity index (χ2n) is 5.62. The molecule has 1 heterocycles. The summed E-state index contributed by atoms with van der Waals surface area (Å²) in [7, 11) is 0. The zero-order valence-electron chi connectivity index (χ0n) is 12.6. The van der Waals surface area contributed by atoms with Crippen molar-refractivity contribution in [1.29, 1.82) is 0 Å². The average molecular weight is 291 g/mol. The Morgan fingerprint density at radius 1 is 1.38 bits per heavy atom. The van der Waals surface area contributed by atoms with Gasteiger partial charge in [-0.25, -0.2) is 0 Å². The van der Waals surface area contributed by atoms with E-state index < -0.39 is 11.9 Å². The molecule has 1 aromatic carbocycles. The fourth-order valence-electron chi connectivity index (χ4n) is 2.39. The van der Waals surface area contributed by atoms with Crippen LogP contribution in [-0.2, 0) is 4.79 Å². The zero-order chi connectivity index (χ0) is 15.6. The van der Waals surface area contributed by atoms with E-state index in [0.717, 1.165) is 5.56 Å². The molecule has 0 fully saturated rings. The summed E-state index contributed by atoms with van der Waals surface area (Å²) in [5.41, 5.74) is 1.57. The number of fused-ring (bicyclic) bond motifs is 1. The second-order valence-corrected chi connectivity index (χ2v) is 5.62. The molecule has 1 aliphatic rings. The van der Waals surface area contributed by atoms with Gasteiger partial charge in [0.2, 0.25) is 0 Å². The quantitative estimate of drug-likeness (QED) is 0.873. The highest BCUT2D eigenvalue weighted by Crippen LogP contribution is 2.40. The molecule has 0 aromatic heterocycles. The first kappa shape index (κ1) is 15.4. The minimum atomic E-state index is -0.851. The molecule has 1 aliphatic heterocycles. The van der Waals surface area contributed by atoms with E-state index in [0.29, 0.717) is 24.3 Å². The fourth-order valence-corrected chi connectivity index (χ4v) is 2.39. The van der Waals surface area contributed by atoms with Gasteiger partial charge in [-0.3, -0.25) is 9.59 Å². The van der Waals surface area contributed by atoms with Crippen molar-refractivity contribution in [2.45, 2.75) is 39.2 Å². The molecule has 0 radical (unpaired) electrons. The lowest BCUT2D eigenvalue weighted by Gasteiger charge is -2.11. The predicted molar refractivity (Wildman–Crippen MR) is 78.7 cm³/mol. The molecule has 5 nitrogen and oxygen atoms in total. The van der Waals surface area contributed by atoms with Gasteiger partial charge < -0.3 is 15.2 Å². The maximum absolute atomic E-state index is 12.2. The van der Waals surface area contributed by atoms with Crippen LogP contribution in [0.3, 0.4) is 0 Å². The van der Waals surface area contributed by atoms with Gasteiger partial charge >= 0.3 is 5.97 Å². The molecular formula is C16H21NO4. The van der Waals surface area contributed by atoms with Crippen LogP contribution in [0.5, 0.6) is 5.75 Å². The SMILES string of the molecule is CC(CCNC(=O)c1cccc2c1OC(C)C2C)C(=O)O. The Hall–Kier alpha value is -2.04. The Balaban J connectivity index is 2.03. The molecule has 1 amide bonds. The minimum absolute atomic E-state index is 0.0565. The van der Waals surface area contributed by atoms with E-state index >= 15 is 0 Å². The molecule has 5 heteroatoms. The Morgan fingerprint density at radius 2 is 2.10 bits per heavy atom. The minimum Gasteiger partial charge on any atom is -0.489 e. The first-order chi connectivity index (χ1) is 9.91. The molecule has 114 valence electrons. The van der Waals surface area contributed by atoms with E-state index in [9.17, 15) is 9.59 Å². The van der Waals surface area contributed by atoms with Crippen molar-refractivity contribution in [3.8, 4) is 5.75 Å². The maximum Gasteiger partial charge on any atom is 0.306 e. The van der Waals surface area contributed by atoms with Gasteiger partial charge in [0, 0.05) is 18.0 Å². The van der Waals surface area contributed by atoms with Crippen LogP contribution in [0.2, 0.25) is 0 Å². The number of amides is 1. The van der Waals surface area contributed by atoms with Crippen molar-refractivity contribution >= 4 is 11.9 Å². The monoisotopic (exact) mass is 291 g/mol. The third-order valence-corrected chi connectivity index (χ3v) is 4.07. The lowest BCUT2D eigenvalue weighted by Crippen LogP contribution is -2.27. The van der Waals surface area contributed by atoms with E-state index in [1.54, 1.807) is 13.0 Å². The largest absolute Gasteiger partial charge is 0.489 e. The normalized spacial score (nSPS) is 21.3. The summed E-state index contributed by atoms with van der Waals surface area (Å²) in [6.07, 6.45) is 0.463. The molecule has 0 saturated heterocycles.